The standard InChI is InChI=1S/C28H38N2O4S2/c1-5-9-12-19(7-3)17-33-27(31)21-16-22-26(30-36-29-22)25(23-14-11-15-35-23)24(21)28(32)34-18-20(8-4)13-10-6-2/h11,14-16,19-20H,5-10,12-13,17-18H2,1-4H3. The second-order valence-electron chi connectivity index (χ2n) is 9.31. The van der Waals surface area contributed by atoms with Gasteiger partial charge in [0.25, 0.3) is 0 Å². The number of carbonyl (C=O) groups excluding carboxylic acids is 2. The number of hydrogen-bond acceptors (Lipinski definition) is 8. The van der Waals surface area contributed by atoms with Crippen LogP contribution in [0.5, 0.6) is 0 Å². The molecule has 1 aromatic carbocycles. The van der Waals surface area contributed by atoms with Gasteiger partial charge in [-0.2, -0.15) is 8.75 Å². The Morgan fingerprint density at radius 1 is 0.917 bits per heavy atom. The summed E-state index contributed by atoms with van der Waals surface area (Å²) in [7, 11) is 0. The quantitative estimate of drug-likeness (QED) is 0.184. The van der Waals surface area contributed by atoms with E-state index in [0.717, 1.165) is 68.0 Å². The van der Waals surface area contributed by atoms with Gasteiger partial charge in [-0.15, -0.1) is 11.3 Å². The number of hydrogen-bond donors (Lipinski definition) is 0. The van der Waals surface area contributed by atoms with E-state index in [1.165, 1.54) is 11.3 Å². The lowest BCUT2D eigenvalue weighted by Gasteiger charge is -2.18. The fraction of sp³-hybridized carbons (Fsp3) is 0.571. The molecule has 2 unspecified atom stereocenters. The van der Waals surface area contributed by atoms with Crippen LogP contribution in [0, 0.1) is 11.8 Å². The van der Waals surface area contributed by atoms with Crippen LogP contribution in [0.15, 0.2) is 23.6 Å². The highest BCUT2D eigenvalue weighted by Gasteiger charge is 2.29. The van der Waals surface area contributed by atoms with Gasteiger partial charge in [-0.25, -0.2) is 9.59 Å². The van der Waals surface area contributed by atoms with Gasteiger partial charge in [0, 0.05) is 10.4 Å². The largest absolute Gasteiger partial charge is 0.462 e. The Bertz CT molecular complexity index is 1110. The van der Waals surface area contributed by atoms with Gasteiger partial charge in [0.15, 0.2) is 0 Å². The lowest BCUT2D eigenvalue weighted by atomic mass is 9.97. The van der Waals surface area contributed by atoms with E-state index in [9.17, 15) is 9.59 Å². The molecule has 0 saturated heterocycles. The summed E-state index contributed by atoms with van der Waals surface area (Å²) in [6.07, 6.45) is 8.31. The first-order valence-electron chi connectivity index (χ1n) is 13.2. The third-order valence-corrected chi connectivity index (χ3v) is 8.16. The molecule has 0 aliphatic carbocycles. The van der Waals surface area contributed by atoms with Crippen LogP contribution in [0.2, 0.25) is 0 Å². The molecule has 196 valence electrons. The first kappa shape index (κ1) is 28.3. The van der Waals surface area contributed by atoms with Gasteiger partial charge in [-0.1, -0.05) is 72.3 Å². The Morgan fingerprint density at radius 3 is 2.11 bits per heavy atom. The van der Waals surface area contributed by atoms with Gasteiger partial charge in [-0.3, -0.25) is 0 Å². The molecule has 8 heteroatoms. The third-order valence-electron chi connectivity index (χ3n) is 6.73. The zero-order valence-corrected chi connectivity index (χ0v) is 23.5. The molecule has 0 N–H and O–H groups in total. The van der Waals surface area contributed by atoms with Crippen molar-refractivity contribution in [3.8, 4) is 10.4 Å². The third kappa shape index (κ3) is 7.13. The number of thiophene rings is 1. The monoisotopic (exact) mass is 530 g/mol. The first-order chi connectivity index (χ1) is 17.5. The first-order valence-corrected chi connectivity index (χ1v) is 14.8. The predicted octanol–water partition coefficient (Wildman–Crippen LogP) is 8.17. The van der Waals surface area contributed by atoms with E-state index in [-0.39, 0.29) is 11.1 Å². The zero-order chi connectivity index (χ0) is 25.9. The molecule has 0 spiro atoms. The van der Waals surface area contributed by atoms with Gasteiger partial charge in [0.05, 0.1) is 36.1 Å². The van der Waals surface area contributed by atoms with E-state index in [1.807, 2.05) is 17.5 Å². The minimum absolute atomic E-state index is 0.204. The van der Waals surface area contributed by atoms with Crippen LogP contribution in [0.1, 0.15) is 99.8 Å². The van der Waals surface area contributed by atoms with Gasteiger partial charge in [0.2, 0.25) is 0 Å². The highest BCUT2D eigenvalue weighted by atomic mass is 32.1. The number of fused-ring (bicyclic) bond motifs is 1. The molecular weight excluding hydrogens is 492 g/mol. The van der Waals surface area contributed by atoms with Crippen molar-refractivity contribution in [2.45, 2.75) is 79.1 Å². The molecule has 0 aliphatic rings. The molecule has 3 aromatic rings. The number of unbranched alkanes of at least 4 members (excludes halogenated alkanes) is 2. The normalized spacial score (nSPS) is 13.0. The molecule has 0 aliphatic heterocycles. The lowest BCUT2D eigenvalue weighted by molar-refractivity contribution is 0.0382. The van der Waals surface area contributed by atoms with Crippen LogP contribution in [-0.4, -0.2) is 33.9 Å². The van der Waals surface area contributed by atoms with Crippen molar-refractivity contribution >= 4 is 46.0 Å². The Balaban J connectivity index is 1.97. The summed E-state index contributed by atoms with van der Waals surface area (Å²) in [4.78, 5) is 27.9. The molecule has 2 heterocycles. The average molecular weight is 531 g/mol. The van der Waals surface area contributed by atoms with Crippen molar-refractivity contribution < 1.29 is 19.1 Å². The summed E-state index contributed by atoms with van der Waals surface area (Å²) >= 11 is 2.56. The van der Waals surface area contributed by atoms with Crippen LogP contribution in [0.4, 0.5) is 0 Å². The number of aromatic nitrogens is 2. The molecule has 0 radical (unpaired) electrons. The lowest BCUT2D eigenvalue weighted by Crippen LogP contribution is -2.20. The fourth-order valence-corrected chi connectivity index (χ4v) is 5.60. The highest BCUT2D eigenvalue weighted by molar-refractivity contribution is 7.13. The van der Waals surface area contributed by atoms with E-state index in [4.69, 9.17) is 9.47 Å². The van der Waals surface area contributed by atoms with E-state index in [0.29, 0.717) is 41.6 Å². The van der Waals surface area contributed by atoms with Gasteiger partial charge < -0.3 is 9.47 Å². The molecule has 0 saturated carbocycles. The van der Waals surface area contributed by atoms with E-state index >= 15 is 0 Å². The van der Waals surface area contributed by atoms with E-state index < -0.39 is 11.9 Å². The number of nitrogens with zero attached hydrogens (tertiary/aromatic N) is 2. The molecule has 2 atom stereocenters. The van der Waals surface area contributed by atoms with Crippen LogP contribution in [-0.2, 0) is 9.47 Å². The van der Waals surface area contributed by atoms with Crippen LogP contribution < -0.4 is 0 Å². The van der Waals surface area contributed by atoms with E-state index in [2.05, 4.69) is 36.4 Å². The second-order valence-corrected chi connectivity index (χ2v) is 10.8. The Hall–Kier alpha value is -2.32. The molecule has 0 fully saturated rings. The minimum Gasteiger partial charge on any atom is -0.462 e. The Labute approximate surface area is 222 Å². The van der Waals surface area contributed by atoms with Crippen molar-refractivity contribution in [3.63, 3.8) is 0 Å². The number of carbonyl (C=O) groups is 2. The molecular formula is C28H38N2O4S2. The maximum absolute atomic E-state index is 13.6. The Morgan fingerprint density at radius 2 is 1.56 bits per heavy atom. The topological polar surface area (TPSA) is 78.4 Å². The van der Waals surface area contributed by atoms with Gasteiger partial charge in [0.1, 0.15) is 11.0 Å². The number of benzene rings is 1. The van der Waals surface area contributed by atoms with Crippen LogP contribution in [0.25, 0.3) is 21.5 Å². The van der Waals surface area contributed by atoms with E-state index in [1.54, 1.807) is 6.07 Å². The van der Waals surface area contributed by atoms with Crippen molar-refractivity contribution in [2.75, 3.05) is 13.2 Å². The SMILES string of the molecule is CCCCC(CC)COC(=O)c1cc2nsnc2c(-c2cccs2)c1C(=O)OCC(CC)CCCC. The zero-order valence-electron chi connectivity index (χ0n) is 21.9. The highest BCUT2D eigenvalue weighted by Crippen LogP contribution is 2.37. The molecule has 0 amide bonds. The number of ether oxygens (including phenoxy) is 2. The maximum atomic E-state index is 13.6. The van der Waals surface area contributed by atoms with Gasteiger partial charge in [-0.05, 0) is 42.2 Å². The van der Waals surface area contributed by atoms with Crippen LogP contribution >= 0.6 is 23.1 Å². The Kier molecular flexibility index (Phi) is 11.3. The van der Waals surface area contributed by atoms with Crippen LogP contribution in [0.3, 0.4) is 0 Å². The van der Waals surface area contributed by atoms with Crippen molar-refractivity contribution in [1.29, 1.82) is 0 Å². The molecule has 6 nitrogen and oxygen atoms in total. The van der Waals surface area contributed by atoms with Crippen molar-refractivity contribution in [3.05, 3.63) is 34.7 Å². The second kappa shape index (κ2) is 14.4. The summed E-state index contributed by atoms with van der Waals surface area (Å²) in [6, 6.07) is 5.48. The minimum atomic E-state index is -0.511. The summed E-state index contributed by atoms with van der Waals surface area (Å²) in [6.45, 7) is 9.21. The molecule has 36 heavy (non-hydrogen) atoms. The predicted molar refractivity (Wildman–Crippen MR) is 148 cm³/mol. The summed E-state index contributed by atoms with van der Waals surface area (Å²) in [5, 5.41) is 1.94. The van der Waals surface area contributed by atoms with Crippen molar-refractivity contribution in [2.24, 2.45) is 11.8 Å². The number of esters is 2. The molecule has 2 aromatic heterocycles. The summed E-state index contributed by atoms with van der Waals surface area (Å²) < 4.78 is 20.5. The summed E-state index contributed by atoms with van der Waals surface area (Å²) in [5.74, 6) is -0.423. The fourth-order valence-electron chi connectivity index (χ4n) is 4.29. The average Bonchev–Trinajstić information content (AvgIpc) is 3.60. The maximum Gasteiger partial charge on any atom is 0.339 e. The van der Waals surface area contributed by atoms with Gasteiger partial charge >= 0.3 is 11.9 Å². The molecule has 0 bridgehead atoms. The molecule has 3 rings (SSSR count). The number of rotatable bonds is 15. The summed E-state index contributed by atoms with van der Waals surface area (Å²) in [5.41, 5.74) is 2.23. The smallest absolute Gasteiger partial charge is 0.339 e. The van der Waals surface area contributed by atoms with Crippen molar-refractivity contribution in [1.82, 2.24) is 8.75 Å².